The van der Waals surface area contributed by atoms with Crippen LogP contribution >= 0.6 is 0 Å². The average Bonchev–Trinajstić information content (AvgIpc) is 2.85. The molecule has 6 nitrogen and oxygen atoms in total. The molecule has 0 aromatic carbocycles. The smallest absolute Gasteiger partial charge is 0.265 e. The fourth-order valence-electron chi connectivity index (χ4n) is 1.56. The first-order valence-electron chi connectivity index (χ1n) is 5.14. The van der Waals surface area contributed by atoms with Crippen molar-refractivity contribution in [2.75, 3.05) is 31.6 Å². The lowest BCUT2D eigenvalue weighted by molar-refractivity contribution is 0.0243. The zero-order valence-electron chi connectivity index (χ0n) is 9.03. The van der Waals surface area contributed by atoms with E-state index in [-0.39, 0.29) is 0 Å². The van der Waals surface area contributed by atoms with Crippen LogP contribution in [-0.4, -0.2) is 41.9 Å². The van der Waals surface area contributed by atoms with Gasteiger partial charge in [0.15, 0.2) is 5.60 Å². The monoisotopic (exact) mass is 212 g/mol. The Morgan fingerprint density at radius 1 is 1.67 bits per heavy atom. The predicted octanol–water partition coefficient (Wildman–Crippen LogP) is -0.293. The molecule has 1 aromatic heterocycles. The molecule has 1 aliphatic rings. The molecule has 0 aliphatic carbocycles. The van der Waals surface area contributed by atoms with Gasteiger partial charge in [-0.2, -0.15) is 4.98 Å². The van der Waals surface area contributed by atoms with Crippen molar-refractivity contribution in [3.63, 3.8) is 0 Å². The third kappa shape index (κ3) is 1.82. The van der Waals surface area contributed by atoms with Crippen LogP contribution in [0.2, 0.25) is 0 Å². The number of hydrogen-bond acceptors (Lipinski definition) is 6. The molecule has 0 bridgehead atoms. The first-order valence-corrected chi connectivity index (χ1v) is 5.14. The van der Waals surface area contributed by atoms with Gasteiger partial charge < -0.3 is 19.8 Å². The van der Waals surface area contributed by atoms with E-state index in [4.69, 9.17) is 4.52 Å². The first kappa shape index (κ1) is 10.4. The van der Waals surface area contributed by atoms with E-state index >= 15 is 0 Å². The number of rotatable bonds is 3. The summed E-state index contributed by atoms with van der Waals surface area (Å²) < 4.78 is 5.08. The Morgan fingerprint density at radius 2 is 2.47 bits per heavy atom. The Balaban J connectivity index is 2.19. The summed E-state index contributed by atoms with van der Waals surface area (Å²) in [7, 11) is 1.88. The van der Waals surface area contributed by atoms with Crippen molar-refractivity contribution >= 4 is 5.95 Å². The predicted molar refractivity (Wildman–Crippen MR) is 54.6 cm³/mol. The largest absolute Gasteiger partial charge is 0.379 e. The maximum absolute atomic E-state index is 10.2. The lowest BCUT2D eigenvalue weighted by Crippen LogP contribution is -2.29. The highest BCUT2D eigenvalue weighted by Crippen LogP contribution is 2.27. The molecule has 2 rings (SSSR count). The number of nitrogens with zero attached hydrogens (tertiary/aromatic N) is 3. The van der Waals surface area contributed by atoms with Crippen LogP contribution < -0.4 is 10.2 Å². The van der Waals surface area contributed by atoms with Crippen molar-refractivity contribution in [1.82, 2.24) is 15.5 Å². The van der Waals surface area contributed by atoms with E-state index in [2.05, 4.69) is 15.5 Å². The van der Waals surface area contributed by atoms with Gasteiger partial charge in [-0.15, -0.1) is 0 Å². The Hall–Kier alpha value is -1.14. The fraction of sp³-hybridized carbons (Fsp3) is 0.778. The highest BCUT2D eigenvalue weighted by Gasteiger charge is 2.38. The molecule has 15 heavy (non-hydrogen) atoms. The highest BCUT2D eigenvalue weighted by molar-refractivity contribution is 5.26. The van der Waals surface area contributed by atoms with Crippen molar-refractivity contribution in [2.45, 2.75) is 18.9 Å². The maximum Gasteiger partial charge on any atom is 0.265 e. The molecular formula is C9H16N4O2. The number of aromatic nitrogens is 2. The zero-order valence-corrected chi connectivity index (χ0v) is 9.03. The Kier molecular flexibility index (Phi) is 2.62. The number of aliphatic hydroxyl groups is 1. The van der Waals surface area contributed by atoms with E-state index in [0.717, 1.165) is 13.1 Å². The molecule has 2 heterocycles. The van der Waals surface area contributed by atoms with Crippen LogP contribution in [0, 0.1) is 0 Å². The number of β-amino-alcohol motifs (C(OH)–C–C–N with tert-alkyl or cyclic N) is 1. The van der Waals surface area contributed by atoms with Gasteiger partial charge in [0.2, 0.25) is 0 Å². The maximum atomic E-state index is 10.2. The van der Waals surface area contributed by atoms with Crippen LogP contribution in [0.5, 0.6) is 0 Å². The van der Waals surface area contributed by atoms with Crippen molar-refractivity contribution in [3.05, 3.63) is 5.89 Å². The molecule has 1 saturated heterocycles. The molecule has 6 heteroatoms. The number of hydrogen-bond donors (Lipinski definition) is 2. The minimum atomic E-state index is -0.986. The summed E-state index contributed by atoms with van der Waals surface area (Å²) in [5.41, 5.74) is -0.986. The molecule has 2 N–H and O–H groups in total. The second-order valence-corrected chi connectivity index (χ2v) is 3.87. The normalized spacial score (nSPS) is 25.8. The van der Waals surface area contributed by atoms with E-state index in [9.17, 15) is 5.11 Å². The molecule has 0 radical (unpaired) electrons. The Morgan fingerprint density at radius 3 is 3.07 bits per heavy atom. The van der Waals surface area contributed by atoms with Gasteiger partial charge in [0.25, 0.3) is 11.8 Å². The van der Waals surface area contributed by atoms with Crippen molar-refractivity contribution < 1.29 is 9.63 Å². The minimum absolute atomic E-state index is 0.308. The molecule has 0 amide bonds. The van der Waals surface area contributed by atoms with Crippen molar-refractivity contribution in [2.24, 2.45) is 0 Å². The van der Waals surface area contributed by atoms with Gasteiger partial charge in [-0.05, 0) is 25.0 Å². The zero-order chi connectivity index (χ0) is 10.9. The van der Waals surface area contributed by atoms with Crippen molar-refractivity contribution in [3.8, 4) is 0 Å². The third-order valence-electron chi connectivity index (χ3n) is 2.76. The Labute approximate surface area is 88.3 Å². The quantitative estimate of drug-likeness (QED) is 0.717. The SMILES string of the molecule is CCN(C)c1noc(C2(O)CCNC2)n1. The summed E-state index contributed by atoms with van der Waals surface area (Å²) >= 11 is 0. The van der Waals surface area contributed by atoms with Crippen LogP contribution in [0.25, 0.3) is 0 Å². The molecule has 0 spiro atoms. The summed E-state index contributed by atoms with van der Waals surface area (Å²) in [6.07, 6.45) is 0.616. The van der Waals surface area contributed by atoms with Gasteiger partial charge in [0.05, 0.1) is 0 Å². The summed E-state index contributed by atoms with van der Waals surface area (Å²) in [5, 5.41) is 17.1. The average molecular weight is 212 g/mol. The highest BCUT2D eigenvalue weighted by atomic mass is 16.5. The van der Waals surface area contributed by atoms with Crippen molar-refractivity contribution in [1.29, 1.82) is 0 Å². The van der Waals surface area contributed by atoms with Crippen LogP contribution in [-0.2, 0) is 5.60 Å². The summed E-state index contributed by atoms with van der Waals surface area (Å²) in [6.45, 7) is 4.06. The minimum Gasteiger partial charge on any atom is -0.379 e. The first-order chi connectivity index (χ1) is 7.15. The van der Waals surface area contributed by atoms with Crippen LogP contribution in [0.1, 0.15) is 19.2 Å². The van der Waals surface area contributed by atoms with E-state index in [1.165, 1.54) is 0 Å². The molecular weight excluding hydrogens is 196 g/mol. The van der Waals surface area contributed by atoms with Gasteiger partial charge >= 0.3 is 0 Å². The van der Waals surface area contributed by atoms with Crippen LogP contribution in [0.3, 0.4) is 0 Å². The molecule has 1 atom stereocenters. The lowest BCUT2D eigenvalue weighted by Gasteiger charge is -2.15. The number of nitrogens with one attached hydrogen (secondary N) is 1. The molecule has 1 fully saturated rings. The lowest BCUT2D eigenvalue weighted by atomic mass is 10.0. The van der Waals surface area contributed by atoms with E-state index < -0.39 is 5.60 Å². The second-order valence-electron chi connectivity index (χ2n) is 3.87. The standard InChI is InChI=1S/C9H16N4O2/c1-3-13(2)8-11-7(15-12-8)9(14)4-5-10-6-9/h10,14H,3-6H2,1-2H3. The topological polar surface area (TPSA) is 74.4 Å². The number of anilines is 1. The van der Waals surface area contributed by atoms with Gasteiger partial charge in [-0.1, -0.05) is 0 Å². The molecule has 1 aromatic rings. The van der Waals surface area contributed by atoms with Gasteiger partial charge in [-0.3, -0.25) is 0 Å². The summed E-state index contributed by atoms with van der Waals surface area (Å²) in [6, 6.07) is 0. The second kappa shape index (κ2) is 3.79. The Bertz CT molecular complexity index is 333. The molecule has 1 aliphatic heterocycles. The third-order valence-corrected chi connectivity index (χ3v) is 2.76. The van der Waals surface area contributed by atoms with Gasteiger partial charge in [0, 0.05) is 20.1 Å². The molecule has 1 unspecified atom stereocenters. The summed E-state index contributed by atoms with van der Waals surface area (Å²) in [5.74, 6) is 0.829. The van der Waals surface area contributed by atoms with E-state index in [0.29, 0.717) is 24.8 Å². The summed E-state index contributed by atoms with van der Waals surface area (Å²) in [4.78, 5) is 6.05. The van der Waals surface area contributed by atoms with Gasteiger partial charge in [0.1, 0.15) is 0 Å². The fourth-order valence-corrected chi connectivity index (χ4v) is 1.56. The van der Waals surface area contributed by atoms with Crippen LogP contribution in [0.15, 0.2) is 4.52 Å². The van der Waals surface area contributed by atoms with E-state index in [1.807, 2.05) is 18.9 Å². The molecule has 84 valence electrons. The van der Waals surface area contributed by atoms with Crippen LogP contribution in [0.4, 0.5) is 5.95 Å². The van der Waals surface area contributed by atoms with Gasteiger partial charge in [-0.25, -0.2) is 0 Å². The molecule has 0 saturated carbocycles. The van der Waals surface area contributed by atoms with E-state index in [1.54, 1.807) is 0 Å².